The molecule has 2 fully saturated rings. The average molecular weight is 422 g/mol. The van der Waals surface area contributed by atoms with Crippen LogP contribution in [-0.2, 0) is 35.7 Å². The van der Waals surface area contributed by atoms with E-state index in [9.17, 15) is 4.79 Å². The van der Waals surface area contributed by atoms with Crippen LogP contribution < -0.4 is 5.73 Å². The summed E-state index contributed by atoms with van der Waals surface area (Å²) in [6.45, 7) is 3.09. The molecule has 9 heteroatoms. The van der Waals surface area contributed by atoms with Crippen molar-refractivity contribution in [2.75, 3.05) is 6.61 Å². The number of thiophene rings is 1. The summed E-state index contributed by atoms with van der Waals surface area (Å²) in [5.74, 6) is 0.507. The fourth-order valence-electron chi connectivity index (χ4n) is 3.68. The van der Waals surface area contributed by atoms with E-state index in [-0.39, 0.29) is 18.4 Å². The Kier molecular flexibility index (Phi) is 6.25. The number of hydrogen-bond donors (Lipinski definition) is 1. The number of nitrogens with zero attached hydrogens (tertiary/aromatic N) is 4. The zero-order valence-electron chi connectivity index (χ0n) is 16.0. The van der Waals surface area contributed by atoms with E-state index in [2.05, 4.69) is 22.4 Å². The van der Waals surface area contributed by atoms with E-state index in [1.807, 2.05) is 9.25 Å². The molecule has 1 atom stereocenters. The molecule has 7 nitrogen and oxygen atoms in total. The molecule has 1 saturated heterocycles. The first kappa shape index (κ1) is 19.8. The zero-order valence-corrected chi connectivity index (χ0v) is 17.6. The van der Waals surface area contributed by atoms with E-state index in [1.165, 1.54) is 17.7 Å². The number of ether oxygens (including phenoxy) is 1. The number of primary amides is 1. The minimum atomic E-state index is -0.318. The lowest BCUT2D eigenvalue weighted by Gasteiger charge is -2.21. The van der Waals surface area contributed by atoms with Gasteiger partial charge >= 0.3 is 0 Å². The highest BCUT2D eigenvalue weighted by Crippen LogP contribution is 2.29. The quantitative estimate of drug-likeness (QED) is 0.597. The third-order valence-electron chi connectivity index (χ3n) is 5.32. The predicted octanol–water partition coefficient (Wildman–Crippen LogP) is 2.69. The summed E-state index contributed by atoms with van der Waals surface area (Å²) >= 11 is 7.55. The maximum absolute atomic E-state index is 11.3. The Morgan fingerprint density at radius 2 is 2.29 bits per heavy atom. The molecule has 0 radical (unpaired) electrons. The molecule has 2 N–H and O–H groups in total. The first-order chi connectivity index (χ1) is 13.6. The van der Waals surface area contributed by atoms with Crippen LogP contribution in [0, 0.1) is 4.77 Å². The summed E-state index contributed by atoms with van der Waals surface area (Å²) in [5.41, 5.74) is 5.36. The molecule has 152 valence electrons. The molecule has 1 saturated carbocycles. The third kappa shape index (κ3) is 4.89. The summed E-state index contributed by atoms with van der Waals surface area (Å²) in [5, 5.41) is 6.89. The van der Waals surface area contributed by atoms with Crippen LogP contribution in [0.15, 0.2) is 17.5 Å². The van der Waals surface area contributed by atoms with Gasteiger partial charge in [-0.2, -0.15) is 5.10 Å². The second-order valence-corrected chi connectivity index (χ2v) is 9.01. The molecule has 1 amide bonds. The maximum atomic E-state index is 11.3. The van der Waals surface area contributed by atoms with Crippen molar-refractivity contribution in [1.82, 2.24) is 19.2 Å². The minimum absolute atomic E-state index is 0.169. The van der Waals surface area contributed by atoms with Crippen molar-refractivity contribution in [3.05, 3.63) is 33.0 Å². The van der Waals surface area contributed by atoms with Gasteiger partial charge in [-0.3, -0.25) is 9.69 Å². The number of aromatic nitrogens is 3. The van der Waals surface area contributed by atoms with Crippen molar-refractivity contribution in [2.24, 2.45) is 5.73 Å². The topological polar surface area (TPSA) is 78.3 Å². The predicted molar refractivity (Wildman–Crippen MR) is 110 cm³/mol. The Labute approximate surface area is 174 Å². The van der Waals surface area contributed by atoms with Gasteiger partial charge in [0, 0.05) is 36.9 Å². The number of amides is 1. The summed E-state index contributed by atoms with van der Waals surface area (Å²) in [6.07, 6.45) is 5.52. The summed E-state index contributed by atoms with van der Waals surface area (Å²) < 4.78 is 10.5. The first-order valence-corrected chi connectivity index (χ1v) is 11.2. The minimum Gasteiger partial charge on any atom is -0.376 e. The van der Waals surface area contributed by atoms with Gasteiger partial charge in [-0.25, -0.2) is 4.68 Å². The van der Waals surface area contributed by atoms with Gasteiger partial charge in [0.25, 0.3) is 0 Å². The van der Waals surface area contributed by atoms with Gasteiger partial charge in [0.1, 0.15) is 5.82 Å². The number of hydrogen-bond acceptors (Lipinski definition) is 6. The van der Waals surface area contributed by atoms with Crippen molar-refractivity contribution < 1.29 is 9.53 Å². The smallest absolute Gasteiger partial charge is 0.217 e. The Hall–Kier alpha value is -1.55. The van der Waals surface area contributed by atoms with E-state index in [1.54, 1.807) is 11.3 Å². The number of carbonyl (C=O) groups excluding carboxylic acids is 1. The highest BCUT2D eigenvalue weighted by atomic mass is 32.1. The number of rotatable bonds is 10. The fourth-order valence-corrected chi connectivity index (χ4v) is 4.69. The van der Waals surface area contributed by atoms with E-state index < -0.39 is 0 Å². The fraction of sp³-hybridized carbons (Fsp3) is 0.632. The highest BCUT2D eigenvalue weighted by Gasteiger charge is 2.30. The lowest BCUT2D eigenvalue weighted by molar-refractivity contribution is -0.118. The van der Waals surface area contributed by atoms with Crippen molar-refractivity contribution in [3.8, 4) is 0 Å². The number of aryl methyl sites for hydroxylation is 1. The van der Waals surface area contributed by atoms with Crippen LogP contribution in [-0.4, -0.2) is 43.9 Å². The molecular weight excluding hydrogens is 394 g/mol. The highest BCUT2D eigenvalue weighted by molar-refractivity contribution is 7.71. The van der Waals surface area contributed by atoms with E-state index in [4.69, 9.17) is 27.8 Å². The van der Waals surface area contributed by atoms with Gasteiger partial charge in [0.05, 0.1) is 19.3 Å². The third-order valence-corrected chi connectivity index (χ3v) is 6.61. The molecule has 28 heavy (non-hydrogen) atoms. The second kappa shape index (κ2) is 8.86. The first-order valence-electron chi connectivity index (χ1n) is 9.93. The number of carbonyl (C=O) groups is 1. The van der Waals surface area contributed by atoms with Gasteiger partial charge in [0.15, 0.2) is 4.77 Å². The van der Waals surface area contributed by atoms with Crippen LogP contribution in [0.5, 0.6) is 0 Å². The van der Waals surface area contributed by atoms with Crippen LogP contribution in [0.1, 0.15) is 42.8 Å². The van der Waals surface area contributed by atoms with Crippen molar-refractivity contribution in [1.29, 1.82) is 0 Å². The van der Waals surface area contributed by atoms with Crippen molar-refractivity contribution in [3.63, 3.8) is 0 Å². The summed E-state index contributed by atoms with van der Waals surface area (Å²) in [7, 11) is 0. The molecule has 4 rings (SSSR count). The molecule has 0 spiro atoms. The molecule has 3 heterocycles. The molecule has 0 bridgehead atoms. The van der Waals surface area contributed by atoms with Crippen molar-refractivity contribution >= 4 is 29.5 Å². The standard InChI is InChI=1S/C19H27N5O2S2/c20-17(25)7-8-18-21-24(19(27)23(18)11-15-3-1-9-26-15)13-22(14-5-6-14)12-16-4-2-10-28-16/h2,4,10,14-15H,1,3,5-9,11-13H2,(H2,20,25). The molecular formula is C19H27N5O2S2. The zero-order chi connectivity index (χ0) is 19.5. The molecule has 2 aromatic heterocycles. The van der Waals surface area contributed by atoms with Crippen molar-refractivity contribution in [2.45, 2.75) is 70.4 Å². The van der Waals surface area contributed by atoms with Crippen LogP contribution in [0.3, 0.4) is 0 Å². The van der Waals surface area contributed by atoms with Crippen LogP contribution in [0.2, 0.25) is 0 Å². The Morgan fingerprint density at radius 3 is 2.93 bits per heavy atom. The molecule has 2 aromatic rings. The SMILES string of the molecule is NC(=O)CCc1nn(CN(Cc2cccs2)C2CC2)c(=S)n1CC1CCCO1. The molecule has 1 unspecified atom stereocenters. The molecule has 2 aliphatic rings. The Morgan fingerprint density at radius 1 is 1.43 bits per heavy atom. The Bertz CT molecular complexity index is 850. The van der Waals surface area contributed by atoms with Gasteiger partial charge < -0.3 is 15.0 Å². The Balaban J connectivity index is 1.54. The van der Waals surface area contributed by atoms with E-state index in [0.717, 1.165) is 31.8 Å². The monoisotopic (exact) mass is 421 g/mol. The summed E-state index contributed by atoms with van der Waals surface area (Å²) in [6, 6.07) is 4.87. The molecule has 1 aliphatic heterocycles. The second-order valence-electron chi connectivity index (χ2n) is 7.61. The molecule has 1 aliphatic carbocycles. The average Bonchev–Trinajstić information content (AvgIpc) is 3.04. The number of nitrogens with two attached hydrogens (primary N) is 1. The van der Waals surface area contributed by atoms with Gasteiger partial charge in [-0.1, -0.05) is 6.07 Å². The van der Waals surface area contributed by atoms with Crippen LogP contribution in [0.4, 0.5) is 0 Å². The van der Waals surface area contributed by atoms with Gasteiger partial charge in [-0.15, -0.1) is 11.3 Å². The van der Waals surface area contributed by atoms with E-state index >= 15 is 0 Å². The maximum Gasteiger partial charge on any atom is 0.217 e. The van der Waals surface area contributed by atoms with E-state index in [0.29, 0.717) is 30.4 Å². The largest absolute Gasteiger partial charge is 0.376 e. The molecule has 0 aromatic carbocycles. The van der Waals surface area contributed by atoms with Gasteiger partial charge in [0.2, 0.25) is 5.91 Å². The normalized spacial score (nSPS) is 19.5. The van der Waals surface area contributed by atoms with Gasteiger partial charge in [-0.05, 0) is 49.3 Å². The summed E-state index contributed by atoms with van der Waals surface area (Å²) in [4.78, 5) is 15.1. The van der Waals surface area contributed by atoms with Crippen LogP contribution >= 0.6 is 23.6 Å². The lowest BCUT2D eigenvalue weighted by atomic mass is 10.2. The van der Waals surface area contributed by atoms with Crippen LogP contribution in [0.25, 0.3) is 0 Å². The lowest BCUT2D eigenvalue weighted by Crippen LogP contribution is -2.28.